The second kappa shape index (κ2) is 7.47. The van der Waals surface area contributed by atoms with Crippen LogP contribution in [0.15, 0.2) is 48.7 Å². The highest BCUT2D eigenvalue weighted by Crippen LogP contribution is 2.29. The van der Waals surface area contributed by atoms with Gasteiger partial charge in [-0.05, 0) is 42.3 Å². The molecule has 0 radical (unpaired) electrons. The van der Waals surface area contributed by atoms with E-state index in [1.807, 2.05) is 30.7 Å². The lowest BCUT2D eigenvalue weighted by Crippen LogP contribution is -2.08. The van der Waals surface area contributed by atoms with Gasteiger partial charge < -0.3 is 19.1 Å². The molecular formula is C20H20FNO4. The molecule has 0 aliphatic rings. The van der Waals surface area contributed by atoms with Crippen LogP contribution in [0.25, 0.3) is 10.9 Å². The smallest absolute Gasteiger partial charge is 0.493 e. The molecule has 1 aromatic heterocycles. The molecule has 0 spiro atoms. The molecule has 0 bridgehead atoms. The third-order valence-electron chi connectivity index (χ3n) is 3.91. The molecular weight excluding hydrogens is 337 g/mol. The quantitative estimate of drug-likeness (QED) is 0.502. The Balaban J connectivity index is 1.94. The normalized spacial score (nSPS) is 11.1. The van der Waals surface area contributed by atoms with E-state index in [-0.39, 0.29) is 11.6 Å². The van der Waals surface area contributed by atoms with Gasteiger partial charge in [-0.25, -0.2) is 9.18 Å². The Morgan fingerprint density at radius 1 is 1.19 bits per heavy atom. The van der Waals surface area contributed by atoms with E-state index in [2.05, 4.69) is 0 Å². The highest BCUT2D eigenvalue weighted by molar-refractivity contribution is 5.88. The number of hydrogen-bond acceptors (Lipinski definition) is 3. The zero-order chi connectivity index (χ0) is 18.7. The lowest BCUT2D eigenvalue weighted by atomic mass is 10.1. The van der Waals surface area contributed by atoms with Gasteiger partial charge in [0.1, 0.15) is 17.3 Å². The second-order valence-corrected chi connectivity index (χ2v) is 6.46. The van der Waals surface area contributed by atoms with E-state index in [1.54, 1.807) is 24.3 Å². The largest absolute Gasteiger partial charge is 0.511 e. The predicted molar refractivity (Wildman–Crippen MR) is 96.4 cm³/mol. The number of carbonyl (C=O) groups is 1. The van der Waals surface area contributed by atoms with Crippen LogP contribution >= 0.6 is 0 Å². The standard InChI is InChI=1S/C20H20FNO4/c1-13(2)12-25-18-7-6-15(21)10-14(18)11-22-9-8-16-17(22)4-3-5-19(16)26-20(23)24/h3-10,13H,11-12H2,1-2H3,(H,23,24). The van der Waals surface area contributed by atoms with Crippen LogP contribution in [0.4, 0.5) is 9.18 Å². The number of fused-ring (bicyclic) bond motifs is 1. The molecule has 6 heteroatoms. The Morgan fingerprint density at radius 3 is 2.73 bits per heavy atom. The number of ether oxygens (including phenoxy) is 2. The summed E-state index contributed by atoms with van der Waals surface area (Å²) in [6.45, 7) is 5.03. The average molecular weight is 357 g/mol. The Labute approximate surface area is 150 Å². The molecule has 3 rings (SSSR count). The van der Waals surface area contributed by atoms with Crippen molar-refractivity contribution in [2.24, 2.45) is 5.92 Å². The number of nitrogens with zero attached hydrogens (tertiary/aromatic N) is 1. The molecule has 1 heterocycles. The zero-order valence-corrected chi connectivity index (χ0v) is 14.6. The van der Waals surface area contributed by atoms with Crippen molar-refractivity contribution in [3.05, 3.63) is 60.0 Å². The zero-order valence-electron chi connectivity index (χ0n) is 14.6. The van der Waals surface area contributed by atoms with Gasteiger partial charge in [0.15, 0.2) is 0 Å². The second-order valence-electron chi connectivity index (χ2n) is 6.46. The van der Waals surface area contributed by atoms with Gasteiger partial charge in [-0.3, -0.25) is 0 Å². The van der Waals surface area contributed by atoms with E-state index in [4.69, 9.17) is 14.6 Å². The van der Waals surface area contributed by atoms with Crippen LogP contribution < -0.4 is 9.47 Å². The minimum absolute atomic E-state index is 0.268. The Hall–Kier alpha value is -3.02. The summed E-state index contributed by atoms with van der Waals surface area (Å²) < 4.78 is 26.3. The Kier molecular flexibility index (Phi) is 5.11. The molecule has 3 aromatic rings. The molecule has 0 saturated heterocycles. The number of halogens is 1. The summed E-state index contributed by atoms with van der Waals surface area (Å²) >= 11 is 0. The van der Waals surface area contributed by atoms with E-state index in [1.165, 1.54) is 12.1 Å². The third kappa shape index (κ3) is 3.96. The Morgan fingerprint density at radius 2 is 2.00 bits per heavy atom. The highest BCUT2D eigenvalue weighted by atomic mass is 19.1. The molecule has 26 heavy (non-hydrogen) atoms. The summed E-state index contributed by atoms with van der Waals surface area (Å²) in [4.78, 5) is 10.8. The number of carboxylic acid groups (broad SMARTS) is 1. The highest BCUT2D eigenvalue weighted by Gasteiger charge is 2.12. The molecule has 136 valence electrons. The first kappa shape index (κ1) is 17.8. The fourth-order valence-corrected chi connectivity index (χ4v) is 2.77. The van der Waals surface area contributed by atoms with Crippen molar-refractivity contribution in [1.29, 1.82) is 0 Å². The summed E-state index contributed by atoms with van der Waals surface area (Å²) in [5, 5.41) is 9.53. The van der Waals surface area contributed by atoms with Gasteiger partial charge >= 0.3 is 6.16 Å². The fraction of sp³-hybridized carbons (Fsp3) is 0.250. The van der Waals surface area contributed by atoms with Gasteiger partial charge in [0, 0.05) is 17.1 Å². The fourth-order valence-electron chi connectivity index (χ4n) is 2.77. The molecule has 0 atom stereocenters. The van der Waals surface area contributed by atoms with Crippen LogP contribution in [-0.4, -0.2) is 22.4 Å². The number of hydrogen-bond donors (Lipinski definition) is 1. The molecule has 5 nitrogen and oxygen atoms in total. The van der Waals surface area contributed by atoms with Crippen LogP contribution in [0.1, 0.15) is 19.4 Å². The molecule has 0 aliphatic heterocycles. The molecule has 0 saturated carbocycles. The van der Waals surface area contributed by atoms with Crippen LogP contribution in [0.5, 0.6) is 11.5 Å². The first-order chi connectivity index (χ1) is 12.4. The minimum Gasteiger partial charge on any atom is -0.493 e. The number of rotatable bonds is 6. The van der Waals surface area contributed by atoms with Crippen LogP contribution in [0, 0.1) is 11.7 Å². The van der Waals surface area contributed by atoms with E-state index >= 15 is 0 Å². The van der Waals surface area contributed by atoms with E-state index in [0.717, 1.165) is 5.52 Å². The monoisotopic (exact) mass is 357 g/mol. The minimum atomic E-state index is -1.36. The van der Waals surface area contributed by atoms with Crippen molar-refractivity contribution < 1.29 is 23.8 Å². The van der Waals surface area contributed by atoms with Crippen LogP contribution in [0.3, 0.4) is 0 Å². The maximum Gasteiger partial charge on any atom is 0.511 e. The summed E-state index contributed by atoms with van der Waals surface area (Å²) in [6, 6.07) is 11.4. The van der Waals surface area contributed by atoms with Crippen LogP contribution in [-0.2, 0) is 6.54 Å². The third-order valence-corrected chi connectivity index (χ3v) is 3.91. The van der Waals surface area contributed by atoms with Crippen molar-refractivity contribution in [3.63, 3.8) is 0 Å². The van der Waals surface area contributed by atoms with Crippen molar-refractivity contribution in [1.82, 2.24) is 4.57 Å². The van der Waals surface area contributed by atoms with Gasteiger partial charge in [-0.15, -0.1) is 0 Å². The molecule has 0 unspecified atom stereocenters. The van der Waals surface area contributed by atoms with Gasteiger partial charge in [-0.1, -0.05) is 19.9 Å². The lowest BCUT2D eigenvalue weighted by molar-refractivity contribution is 0.145. The van der Waals surface area contributed by atoms with Gasteiger partial charge in [0.05, 0.1) is 18.7 Å². The number of benzene rings is 2. The summed E-state index contributed by atoms with van der Waals surface area (Å²) in [7, 11) is 0. The molecule has 0 amide bonds. The summed E-state index contributed by atoms with van der Waals surface area (Å²) in [5.41, 5.74) is 1.51. The van der Waals surface area contributed by atoms with E-state index in [9.17, 15) is 9.18 Å². The van der Waals surface area contributed by atoms with E-state index < -0.39 is 6.16 Å². The molecule has 1 N–H and O–H groups in total. The van der Waals surface area contributed by atoms with Crippen molar-refractivity contribution in [2.75, 3.05) is 6.61 Å². The molecule has 2 aromatic carbocycles. The van der Waals surface area contributed by atoms with Gasteiger partial charge in [-0.2, -0.15) is 0 Å². The molecule has 0 aliphatic carbocycles. The Bertz CT molecular complexity index is 933. The van der Waals surface area contributed by atoms with Gasteiger partial charge in [0.2, 0.25) is 0 Å². The first-order valence-electron chi connectivity index (χ1n) is 8.34. The van der Waals surface area contributed by atoms with Crippen LogP contribution in [0.2, 0.25) is 0 Å². The maximum atomic E-state index is 13.7. The SMILES string of the molecule is CC(C)COc1ccc(F)cc1Cn1ccc2c(OC(=O)O)cccc21. The first-order valence-corrected chi connectivity index (χ1v) is 8.34. The predicted octanol–water partition coefficient (Wildman–Crippen LogP) is 4.92. The summed E-state index contributed by atoms with van der Waals surface area (Å²) in [6.07, 6.45) is 0.455. The van der Waals surface area contributed by atoms with Gasteiger partial charge in [0.25, 0.3) is 0 Å². The maximum absolute atomic E-state index is 13.7. The number of aromatic nitrogens is 1. The van der Waals surface area contributed by atoms with E-state index in [0.29, 0.717) is 35.8 Å². The lowest BCUT2D eigenvalue weighted by Gasteiger charge is -2.14. The topological polar surface area (TPSA) is 60.7 Å². The molecule has 0 fully saturated rings. The van der Waals surface area contributed by atoms with Crippen molar-refractivity contribution in [2.45, 2.75) is 20.4 Å². The summed E-state index contributed by atoms with van der Waals surface area (Å²) in [5.74, 6) is 0.934. The average Bonchev–Trinajstić information content (AvgIpc) is 2.98. The van der Waals surface area contributed by atoms with Crippen molar-refractivity contribution >= 4 is 17.1 Å². The van der Waals surface area contributed by atoms with Crippen molar-refractivity contribution in [3.8, 4) is 11.5 Å².